The van der Waals surface area contributed by atoms with Gasteiger partial charge >= 0.3 is 0 Å². The highest BCUT2D eigenvalue weighted by Crippen LogP contribution is 2.16. The molecule has 0 amide bonds. The minimum Gasteiger partial charge on any atom is -0.338 e. The Balaban J connectivity index is 2.03. The quantitative estimate of drug-likeness (QED) is 0.881. The number of nitrogens with zero attached hydrogens (tertiary/aromatic N) is 2. The summed E-state index contributed by atoms with van der Waals surface area (Å²) in [5, 5.41) is 3.84. The van der Waals surface area contributed by atoms with Gasteiger partial charge in [0.25, 0.3) is 0 Å². The van der Waals surface area contributed by atoms with E-state index in [4.69, 9.17) is 10.3 Å². The first-order chi connectivity index (χ1) is 9.20. The number of benzene rings is 1. The lowest BCUT2D eigenvalue weighted by Gasteiger charge is -2.03. The molecule has 0 fully saturated rings. The van der Waals surface area contributed by atoms with Gasteiger partial charge in [0.2, 0.25) is 5.89 Å². The molecule has 6 heteroatoms. The minimum absolute atomic E-state index is 0.255. The van der Waals surface area contributed by atoms with E-state index in [-0.39, 0.29) is 11.9 Å². The van der Waals surface area contributed by atoms with Crippen LogP contribution in [0.25, 0.3) is 0 Å². The summed E-state index contributed by atoms with van der Waals surface area (Å²) in [7, 11) is 0. The van der Waals surface area contributed by atoms with Gasteiger partial charge in [-0.05, 0) is 30.1 Å². The van der Waals surface area contributed by atoms with Gasteiger partial charge in [-0.1, -0.05) is 23.4 Å². The molecule has 2 N–H and O–H groups in total. The van der Waals surface area contributed by atoms with E-state index < -0.39 is 0 Å². The SMILES string of the molecule is CSCCC(N)c1nc(Cc2ccccc2F)no1. The molecule has 1 aromatic carbocycles. The maximum Gasteiger partial charge on any atom is 0.243 e. The van der Waals surface area contributed by atoms with Gasteiger partial charge in [-0.2, -0.15) is 16.7 Å². The smallest absolute Gasteiger partial charge is 0.243 e. The van der Waals surface area contributed by atoms with Crippen molar-refractivity contribution in [3.05, 3.63) is 47.4 Å². The predicted octanol–water partition coefficient (Wildman–Crippen LogP) is 2.55. The molecule has 0 spiro atoms. The number of aromatic nitrogens is 2. The van der Waals surface area contributed by atoms with Gasteiger partial charge in [0.05, 0.1) is 6.04 Å². The first kappa shape index (κ1) is 14.0. The zero-order valence-corrected chi connectivity index (χ0v) is 11.5. The molecule has 102 valence electrons. The Morgan fingerprint density at radius 2 is 2.21 bits per heavy atom. The van der Waals surface area contributed by atoms with Crippen LogP contribution in [-0.4, -0.2) is 22.1 Å². The topological polar surface area (TPSA) is 64.9 Å². The summed E-state index contributed by atoms with van der Waals surface area (Å²) in [4.78, 5) is 4.22. The molecule has 0 bridgehead atoms. The largest absolute Gasteiger partial charge is 0.338 e. The maximum absolute atomic E-state index is 13.5. The van der Waals surface area contributed by atoms with Crippen LogP contribution in [0.2, 0.25) is 0 Å². The van der Waals surface area contributed by atoms with Crippen LogP contribution < -0.4 is 5.73 Å². The Bertz CT molecular complexity index is 532. The van der Waals surface area contributed by atoms with Gasteiger partial charge in [0.15, 0.2) is 5.82 Å². The summed E-state index contributed by atoms with van der Waals surface area (Å²) in [6.45, 7) is 0. The molecular weight excluding hydrogens is 265 g/mol. The first-order valence-corrected chi connectivity index (χ1v) is 7.40. The summed E-state index contributed by atoms with van der Waals surface area (Å²) in [6.07, 6.45) is 3.11. The number of hydrogen-bond donors (Lipinski definition) is 1. The van der Waals surface area contributed by atoms with E-state index in [1.165, 1.54) is 6.07 Å². The van der Waals surface area contributed by atoms with Crippen LogP contribution in [0.15, 0.2) is 28.8 Å². The van der Waals surface area contributed by atoms with E-state index in [0.29, 0.717) is 23.7 Å². The average Bonchev–Trinajstić information content (AvgIpc) is 2.87. The highest BCUT2D eigenvalue weighted by atomic mass is 32.2. The number of rotatable bonds is 6. The first-order valence-electron chi connectivity index (χ1n) is 6.01. The number of hydrogen-bond acceptors (Lipinski definition) is 5. The van der Waals surface area contributed by atoms with Crippen LogP contribution in [0.5, 0.6) is 0 Å². The predicted molar refractivity (Wildman–Crippen MR) is 73.4 cm³/mol. The van der Waals surface area contributed by atoms with Gasteiger partial charge in [-0.15, -0.1) is 0 Å². The van der Waals surface area contributed by atoms with Crippen LogP contribution in [0.4, 0.5) is 4.39 Å². The van der Waals surface area contributed by atoms with Crippen LogP contribution >= 0.6 is 11.8 Å². The fourth-order valence-electron chi connectivity index (χ4n) is 1.67. The van der Waals surface area contributed by atoms with E-state index in [1.54, 1.807) is 30.0 Å². The van der Waals surface area contributed by atoms with Gasteiger partial charge in [0.1, 0.15) is 5.82 Å². The number of nitrogens with two attached hydrogens (primary N) is 1. The van der Waals surface area contributed by atoms with Crippen molar-refractivity contribution in [2.75, 3.05) is 12.0 Å². The summed E-state index contributed by atoms with van der Waals surface area (Å²) in [5.74, 6) is 1.55. The van der Waals surface area contributed by atoms with E-state index in [0.717, 1.165) is 12.2 Å². The fraction of sp³-hybridized carbons (Fsp3) is 0.385. The fourth-order valence-corrected chi connectivity index (χ4v) is 2.16. The van der Waals surface area contributed by atoms with Gasteiger partial charge < -0.3 is 10.3 Å². The third-order valence-corrected chi connectivity index (χ3v) is 3.38. The van der Waals surface area contributed by atoms with Gasteiger partial charge in [-0.25, -0.2) is 4.39 Å². The summed E-state index contributed by atoms with van der Waals surface area (Å²) in [5.41, 5.74) is 6.48. The van der Waals surface area contributed by atoms with E-state index in [2.05, 4.69) is 10.1 Å². The molecule has 0 radical (unpaired) electrons. The Hall–Kier alpha value is -1.40. The second-order valence-corrected chi connectivity index (χ2v) is 5.19. The second-order valence-electron chi connectivity index (χ2n) is 4.20. The summed E-state index contributed by atoms with van der Waals surface area (Å²) in [6, 6.07) is 6.30. The lowest BCUT2D eigenvalue weighted by atomic mass is 10.1. The molecule has 1 unspecified atom stereocenters. The van der Waals surface area contributed by atoms with Crippen molar-refractivity contribution in [1.29, 1.82) is 0 Å². The molecule has 1 aromatic heterocycles. The van der Waals surface area contributed by atoms with Crippen molar-refractivity contribution in [3.8, 4) is 0 Å². The molecule has 0 aliphatic rings. The van der Waals surface area contributed by atoms with Gasteiger partial charge in [0, 0.05) is 6.42 Å². The van der Waals surface area contributed by atoms with Crippen molar-refractivity contribution in [3.63, 3.8) is 0 Å². The van der Waals surface area contributed by atoms with Crippen molar-refractivity contribution in [1.82, 2.24) is 10.1 Å². The Morgan fingerprint density at radius 1 is 1.42 bits per heavy atom. The van der Waals surface area contributed by atoms with Crippen molar-refractivity contribution >= 4 is 11.8 Å². The zero-order chi connectivity index (χ0) is 13.7. The third kappa shape index (κ3) is 3.78. The minimum atomic E-state index is -0.263. The van der Waals surface area contributed by atoms with E-state index in [9.17, 15) is 4.39 Å². The molecule has 0 saturated heterocycles. The third-order valence-electron chi connectivity index (χ3n) is 2.74. The highest BCUT2D eigenvalue weighted by Gasteiger charge is 2.15. The molecular formula is C13H16FN3OS. The molecule has 1 heterocycles. The monoisotopic (exact) mass is 281 g/mol. The molecule has 2 aromatic rings. The Morgan fingerprint density at radius 3 is 2.95 bits per heavy atom. The maximum atomic E-state index is 13.5. The normalized spacial score (nSPS) is 12.6. The standard InChI is InChI=1S/C13H16FN3OS/c1-19-7-6-11(15)13-16-12(17-18-13)8-9-4-2-3-5-10(9)14/h2-5,11H,6-8,15H2,1H3. The van der Waals surface area contributed by atoms with Crippen molar-refractivity contribution in [2.45, 2.75) is 18.9 Å². The molecule has 4 nitrogen and oxygen atoms in total. The molecule has 0 aliphatic heterocycles. The van der Waals surface area contributed by atoms with Crippen LogP contribution in [0.1, 0.15) is 29.7 Å². The molecule has 2 rings (SSSR count). The van der Waals surface area contributed by atoms with Crippen LogP contribution in [0.3, 0.4) is 0 Å². The summed E-state index contributed by atoms with van der Waals surface area (Å²) >= 11 is 1.72. The molecule has 0 aliphatic carbocycles. The average molecular weight is 281 g/mol. The Kier molecular flexibility index (Phi) is 4.93. The lowest BCUT2D eigenvalue weighted by molar-refractivity contribution is 0.349. The number of halogens is 1. The van der Waals surface area contributed by atoms with Crippen molar-refractivity contribution in [2.24, 2.45) is 5.73 Å². The van der Waals surface area contributed by atoms with E-state index in [1.807, 2.05) is 6.26 Å². The molecule has 19 heavy (non-hydrogen) atoms. The highest BCUT2D eigenvalue weighted by molar-refractivity contribution is 7.98. The van der Waals surface area contributed by atoms with E-state index >= 15 is 0 Å². The molecule has 1 atom stereocenters. The second kappa shape index (κ2) is 6.68. The lowest BCUT2D eigenvalue weighted by Crippen LogP contribution is -2.11. The van der Waals surface area contributed by atoms with Crippen molar-refractivity contribution < 1.29 is 8.91 Å². The zero-order valence-electron chi connectivity index (χ0n) is 10.7. The number of thioether (sulfide) groups is 1. The van der Waals surface area contributed by atoms with Crippen LogP contribution in [0, 0.1) is 5.82 Å². The summed E-state index contributed by atoms with van der Waals surface area (Å²) < 4.78 is 18.6. The molecule has 0 saturated carbocycles. The van der Waals surface area contributed by atoms with Gasteiger partial charge in [-0.3, -0.25) is 0 Å². The Labute approximate surface area is 115 Å². The van der Waals surface area contributed by atoms with Crippen LogP contribution in [-0.2, 0) is 6.42 Å².